The van der Waals surface area contributed by atoms with Crippen LogP contribution in [0.25, 0.3) is 10.8 Å². The number of nitro groups is 1. The molecular weight excluding hydrogens is 301 g/mol. The van der Waals surface area contributed by atoms with Gasteiger partial charge in [-0.2, -0.15) is 10.2 Å². The van der Waals surface area contributed by atoms with Gasteiger partial charge in [-0.3, -0.25) is 10.1 Å². The van der Waals surface area contributed by atoms with Gasteiger partial charge in [0.15, 0.2) is 6.71 Å². The van der Waals surface area contributed by atoms with Gasteiger partial charge < -0.3 is 0 Å². The number of nitrogens with zero attached hydrogens (tertiary/aromatic N) is 3. The van der Waals surface area contributed by atoms with Crippen LogP contribution in [-0.2, 0) is 0 Å². The smallest absolute Gasteiger partial charge is 0.258 e. The quantitative estimate of drug-likeness (QED) is 0.290. The molecule has 3 aromatic rings. The average molecular weight is 317 g/mol. The highest BCUT2D eigenvalue weighted by molar-refractivity contribution is 6.72. The first-order valence-electron chi connectivity index (χ1n) is 7.74. The third-order valence-electron chi connectivity index (χ3n) is 3.88. The molecule has 0 aliphatic rings. The van der Waals surface area contributed by atoms with E-state index in [-0.39, 0.29) is 5.69 Å². The van der Waals surface area contributed by atoms with E-state index >= 15 is 0 Å². The summed E-state index contributed by atoms with van der Waals surface area (Å²) >= 11 is 0. The summed E-state index contributed by atoms with van der Waals surface area (Å²) in [5.41, 5.74) is 2.60. The van der Waals surface area contributed by atoms with Crippen LogP contribution in [0.4, 0.5) is 17.1 Å². The van der Waals surface area contributed by atoms with E-state index in [2.05, 4.69) is 36.0 Å². The summed E-state index contributed by atoms with van der Waals surface area (Å²) in [5, 5.41) is 21.6. The normalized spacial score (nSPS) is 11.1. The van der Waals surface area contributed by atoms with Crippen LogP contribution in [0, 0.1) is 10.1 Å². The number of hydrogen-bond acceptors (Lipinski definition) is 4. The summed E-state index contributed by atoms with van der Waals surface area (Å²) < 4.78 is 0. The van der Waals surface area contributed by atoms with Crippen LogP contribution in [0.2, 0.25) is 13.6 Å². The fourth-order valence-corrected chi connectivity index (χ4v) is 2.60. The van der Waals surface area contributed by atoms with Crippen molar-refractivity contribution in [3.63, 3.8) is 0 Å². The Kier molecular flexibility index (Phi) is 4.38. The fourth-order valence-electron chi connectivity index (χ4n) is 2.60. The van der Waals surface area contributed by atoms with E-state index in [4.69, 9.17) is 0 Å². The lowest BCUT2D eigenvalue weighted by molar-refractivity contribution is -0.384. The Bertz CT molecular complexity index is 921. The monoisotopic (exact) mass is 317 g/mol. The lowest BCUT2D eigenvalue weighted by atomic mass is 9.49. The van der Waals surface area contributed by atoms with Crippen LogP contribution >= 0.6 is 0 Å². The molecule has 0 heterocycles. The van der Waals surface area contributed by atoms with E-state index in [1.54, 1.807) is 12.1 Å². The van der Waals surface area contributed by atoms with Crippen LogP contribution in [0.15, 0.2) is 70.9 Å². The number of nitro benzene ring substituents is 1. The second-order valence-corrected chi connectivity index (χ2v) is 5.85. The van der Waals surface area contributed by atoms with Gasteiger partial charge in [0, 0.05) is 17.5 Å². The number of azo groups is 1. The van der Waals surface area contributed by atoms with Gasteiger partial charge >= 0.3 is 0 Å². The highest BCUT2D eigenvalue weighted by Gasteiger charge is 2.12. The predicted octanol–water partition coefficient (Wildman–Crippen LogP) is 5.12. The van der Waals surface area contributed by atoms with Gasteiger partial charge in [-0.05, 0) is 17.5 Å². The van der Waals surface area contributed by atoms with Crippen molar-refractivity contribution in [3.05, 3.63) is 70.8 Å². The second-order valence-electron chi connectivity index (χ2n) is 5.85. The zero-order valence-electron chi connectivity index (χ0n) is 13.5. The van der Waals surface area contributed by atoms with Gasteiger partial charge in [0.25, 0.3) is 5.69 Å². The first-order valence-corrected chi connectivity index (χ1v) is 7.74. The minimum atomic E-state index is -0.428. The van der Waals surface area contributed by atoms with Gasteiger partial charge in [-0.1, -0.05) is 55.5 Å². The Morgan fingerprint density at radius 1 is 0.917 bits per heavy atom. The maximum absolute atomic E-state index is 10.7. The predicted molar refractivity (Wildman–Crippen MR) is 98.3 cm³/mol. The van der Waals surface area contributed by atoms with E-state index in [9.17, 15) is 10.1 Å². The number of hydrogen-bond donors (Lipinski definition) is 0. The van der Waals surface area contributed by atoms with Crippen molar-refractivity contribution in [2.24, 2.45) is 10.2 Å². The summed E-state index contributed by atoms with van der Waals surface area (Å²) in [6, 6.07) is 18.3. The molecule has 118 valence electrons. The summed E-state index contributed by atoms with van der Waals surface area (Å²) in [7, 11) is 0. The van der Waals surface area contributed by atoms with Gasteiger partial charge in [0.2, 0.25) is 0 Å². The highest BCUT2D eigenvalue weighted by atomic mass is 16.6. The minimum absolute atomic E-state index is 0.0435. The van der Waals surface area contributed by atoms with Gasteiger partial charge in [0.05, 0.1) is 16.3 Å². The van der Waals surface area contributed by atoms with Crippen LogP contribution in [0.1, 0.15) is 0 Å². The summed E-state index contributed by atoms with van der Waals surface area (Å²) in [6.07, 6.45) is 0. The molecule has 0 spiro atoms. The Morgan fingerprint density at radius 2 is 1.62 bits per heavy atom. The molecule has 3 aromatic carbocycles. The van der Waals surface area contributed by atoms with Crippen molar-refractivity contribution in [1.29, 1.82) is 0 Å². The third-order valence-corrected chi connectivity index (χ3v) is 3.88. The summed E-state index contributed by atoms with van der Waals surface area (Å²) in [6.45, 7) is 4.56. The molecule has 0 saturated heterocycles. The summed E-state index contributed by atoms with van der Waals surface area (Å²) in [5.74, 6) is 0. The lowest BCUT2D eigenvalue weighted by Crippen LogP contribution is -2.22. The fraction of sp³-hybridized carbons (Fsp3) is 0.111. The van der Waals surface area contributed by atoms with Crippen molar-refractivity contribution in [3.8, 4) is 0 Å². The Labute approximate surface area is 140 Å². The van der Waals surface area contributed by atoms with Crippen LogP contribution in [0.3, 0.4) is 0 Å². The Hall–Kier alpha value is -3.02. The average Bonchev–Trinajstić information content (AvgIpc) is 2.59. The lowest BCUT2D eigenvalue weighted by Gasteiger charge is -2.10. The van der Waals surface area contributed by atoms with Gasteiger partial charge in [-0.15, -0.1) is 0 Å². The SMILES string of the molecule is CB(C)c1ccc2ccccc2c1/N=N/c1ccc([N+](=O)[O-])cc1. The van der Waals surface area contributed by atoms with E-state index in [0.717, 1.165) is 21.9 Å². The maximum Gasteiger partial charge on any atom is 0.269 e. The highest BCUT2D eigenvalue weighted by Crippen LogP contribution is 2.27. The molecule has 24 heavy (non-hydrogen) atoms. The van der Waals surface area contributed by atoms with Gasteiger partial charge in [-0.25, -0.2) is 0 Å². The molecule has 0 radical (unpaired) electrons. The van der Waals surface area contributed by atoms with Crippen LogP contribution < -0.4 is 5.46 Å². The molecule has 0 aliphatic carbocycles. The van der Waals surface area contributed by atoms with Crippen molar-refractivity contribution in [2.45, 2.75) is 13.6 Å². The molecule has 0 unspecified atom stereocenters. The largest absolute Gasteiger partial charge is 0.269 e. The van der Waals surface area contributed by atoms with Crippen molar-refractivity contribution < 1.29 is 4.92 Å². The van der Waals surface area contributed by atoms with Crippen molar-refractivity contribution in [1.82, 2.24) is 0 Å². The molecule has 3 rings (SSSR count). The molecule has 0 atom stereocenters. The maximum atomic E-state index is 10.7. The summed E-state index contributed by atoms with van der Waals surface area (Å²) in [4.78, 5) is 10.3. The van der Waals surface area contributed by atoms with Crippen LogP contribution in [0.5, 0.6) is 0 Å². The first kappa shape index (κ1) is 15.9. The molecule has 0 aliphatic heterocycles. The van der Waals surface area contributed by atoms with Gasteiger partial charge in [0.1, 0.15) is 0 Å². The molecule has 0 aromatic heterocycles. The van der Waals surface area contributed by atoms with Crippen molar-refractivity contribution >= 4 is 40.0 Å². The number of rotatable bonds is 4. The molecule has 0 N–H and O–H groups in total. The minimum Gasteiger partial charge on any atom is -0.258 e. The van der Waals surface area contributed by atoms with Crippen LogP contribution in [-0.4, -0.2) is 11.6 Å². The van der Waals surface area contributed by atoms with E-state index in [0.29, 0.717) is 12.4 Å². The van der Waals surface area contributed by atoms with E-state index in [1.807, 2.05) is 24.3 Å². The molecule has 6 heteroatoms. The second kappa shape index (κ2) is 6.62. The molecular formula is C18H16BN3O2. The molecule has 5 nitrogen and oxygen atoms in total. The Morgan fingerprint density at radius 3 is 2.29 bits per heavy atom. The molecule has 0 bridgehead atoms. The van der Waals surface area contributed by atoms with Crippen molar-refractivity contribution in [2.75, 3.05) is 0 Å². The molecule has 0 saturated carbocycles. The third kappa shape index (κ3) is 3.17. The molecule has 0 amide bonds. The molecule has 0 fully saturated rings. The topological polar surface area (TPSA) is 67.9 Å². The van der Waals surface area contributed by atoms with E-state index < -0.39 is 4.92 Å². The standard InChI is InChI=1S/C18H16BN3O2/c1-19(2)17-12-7-13-5-3-4-6-16(13)18(17)21-20-14-8-10-15(11-9-14)22(23)24/h3-12H,1-2H3/b21-20+. The zero-order valence-corrected chi connectivity index (χ0v) is 13.5. The number of non-ortho nitro benzene ring substituents is 1. The zero-order chi connectivity index (χ0) is 17.1. The number of fused-ring (bicyclic) bond motifs is 1. The Balaban J connectivity index is 2.04. The first-order chi connectivity index (χ1) is 11.6. The number of benzene rings is 3. The van der Waals surface area contributed by atoms with E-state index in [1.165, 1.54) is 12.1 Å².